The fourth-order valence-electron chi connectivity index (χ4n) is 2.38. The number of fused-ring (bicyclic) bond motifs is 1. The van der Waals surface area contributed by atoms with Crippen molar-refractivity contribution in [1.29, 1.82) is 0 Å². The molecule has 4 heteroatoms. The SMILES string of the molecule is CC(Nc1cnn2c1CCCC2)c1ccoc1. The highest BCUT2D eigenvalue weighted by molar-refractivity contribution is 5.48. The van der Waals surface area contributed by atoms with E-state index in [-0.39, 0.29) is 6.04 Å². The highest BCUT2D eigenvalue weighted by Gasteiger charge is 2.16. The van der Waals surface area contributed by atoms with E-state index in [0.29, 0.717) is 0 Å². The van der Waals surface area contributed by atoms with Gasteiger partial charge in [-0.05, 0) is 32.3 Å². The van der Waals surface area contributed by atoms with E-state index in [1.165, 1.54) is 29.8 Å². The van der Waals surface area contributed by atoms with E-state index in [1.54, 1.807) is 12.5 Å². The summed E-state index contributed by atoms with van der Waals surface area (Å²) in [5.74, 6) is 0. The van der Waals surface area contributed by atoms with Crippen LogP contribution in [-0.4, -0.2) is 9.78 Å². The topological polar surface area (TPSA) is 43.0 Å². The molecule has 1 unspecified atom stereocenters. The maximum Gasteiger partial charge on any atom is 0.0955 e. The van der Waals surface area contributed by atoms with Crippen LogP contribution in [0.2, 0.25) is 0 Å². The number of rotatable bonds is 3. The third kappa shape index (κ3) is 1.95. The Morgan fingerprint density at radius 1 is 1.47 bits per heavy atom. The molecule has 0 radical (unpaired) electrons. The molecule has 3 rings (SSSR count). The molecule has 1 N–H and O–H groups in total. The fourth-order valence-corrected chi connectivity index (χ4v) is 2.38. The molecular weight excluding hydrogens is 214 g/mol. The van der Waals surface area contributed by atoms with E-state index in [2.05, 4.69) is 22.0 Å². The Morgan fingerprint density at radius 3 is 3.24 bits per heavy atom. The molecule has 0 saturated carbocycles. The van der Waals surface area contributed by atoms with E-state index in [4.69, 9.17) is 4.42 Å². The lowest BCUT2D eigenvalue weighted by atomic mass is 10.1. The number of aromatic nitrogens is 2. The van der Waals surface area contributed by atoms with Crippen LogP contribution in [0.15, 0.2) is 29.2 Å². The Bertz CT molecular complexity index is 487. The van der Waals surface area contributed by atoms with Crippen molar-refractivity contribution in [3.05, 3.63) is 36.0 Å². The monoisotopic (exact) mass is 231 g/mol. The number of furan rings is 1. The zero-order chi connectivity index (χ0) is 11.7. The van der Waals surface area contributed by atoms with Crippen LogP contribution in [0.3, 0.4) is 0 Å². The molecule has 1 atom stereocenters. The van der Waals surface area contributed by atoms with Gasteiger partial charge in [-0.2, -0.15) is 5.10 Å². The largest absolute Gasteiger partial charge is 0.472 e. The first-order chi connectivity index (χ1) is 8.34. The quantitative estimate of drug-likeness (QED) is 0.883. The van der Waals surface area contributed by atoms with E-state index >= 15 is 0 Å². The number of hydrogen-bond acceptors (Lipinski definition) is 3. The summed E-state index contributed by atoms with van der Waals surface area (Å²) in [6.45, 7) is 3.19. The van der Waals surface area contributed by atoms with Crippen molar-refractivity contribution < 1.29 is 4.42 Å². The van der Waals surface area contributed by atoms with Gasteiger partial charge in [-0.15, -0.1) is 0 Å². The zero-order valence-corrected chi connectivity index (χ0v) is 10.0. The summed E-state index contributed by atoms with van der Waals surface area (Å²) in [5.41, 5.74) is 3.67. The molecular formula is C13H17N3O. The minimum atomic E-state index is 0.254. The Balaban J connectivity index is 1.79. The molecule has 0 spiro atoms. The molecule has 1 aliphatic rings. The van der Waals surface area contributed by atoms with Crippen molar-refractivity contribution in [2.75, 3.05) is 5.32 Å². The molecule has 0 saturated heterocycles. The van der Waals surface area contributed by atoms with E-state index < -0.39 is 0 Å². The second-order valence-corrected chi connectivity index (χ2v) is 4.61. The van der Waals surface area contributed by atoms with Crippen LogP contribution in [-0.2, 0) is 13.0 Å². The molecule has 90 valence electrons. The molecule has 0 fully saturated rings. The Hall–Kier alpha value is -1.71. The van der Waals surface area contributed by atoms with Crippen molar-refractivity contribution >= 4 is 5.69 Å². The molecule has 17 heavy (non-hydrogen) atoms. The van der Waals surface area contributed by atoms with Crippen LogP contribution < -0.4 is 5.32 Å². The van der Waals surface area contributed by atoms with Crippen LogP contribution in [0.1, 0.15) is 37.1 Å². The average molecular weight is 231 g/mol. The molecule has 0 amide bonds. The second-order valence-electron chi connectivity index (χ2n) is 4.61. The van der Waals surface area contributed by atoms with E-state index in [0.717, 1.165) is 13.0 Å². The summed E-state index contributed by atoms with van der Waals surface area (Å²) >= 11 is 0. The predicted octanol–water partition coefficient (Wildman–Crippen LogP) is 2.99. The standard InChI is InChI=1S/C13H17N3O/c1-10(11-5-7-17-9-11)15-12-8-14-16-6-3-2-4-13(12)16/h5,7-10,15H,2-4,6H2,1H3. The Morgan fingerprint density at radius 2 is 2.41 bits per heavy atom. The fraction of sp³-hybridized carbons (Fsp3) is 0.462. The molecule has 0 aliphatic carbocycles. The number of nitrogens with zero attached hydrogens (tertiary/aromatic N) is 2. The van der Waals surface area contributed by atoms with E-state index in [9.17, 15) is 0 Å². The van der Waals surface area contributed by atoms with Gasteiger partial charge in [-0.1, -0.05) is 0 Å². The molecule has 2 aromatic rings. The summed E-state index contributed by atoms with van der Waals surface area (Å²) in [4.78, 5) is 0. The average Bonchev–Trinajstić information content (AvgIpc) is 2.98. The van der Waals surface area contributed by atoms with E-state index in [1.807, 2.05) is 12.3 Å². The Kier molecular flexibility index (Phi) is 2.63. The highest BCUT2D eigenvalue weighted by Crippen LogP contribution is 2.26. The van der Waals surface area contributed by atoms with Gasteiger partial charge in [-0.3, -0.25) is 4.68 Å². The van der Waals surface area contributed by atoms with Crippen molar-refractivity contribution in [3.8, 4) is 0 Å². The Labute approximate surface area is 101 Å². The molecule has 4 nitrogen and oxygen atoms in total. The summed E-state index contributed by atoms with van der Waals surface area (Å²) < 4.78 is 7.23. The number of anilines is 1. The highest BCUT2D eigenvalue weighted by atomic mass is 16.3. The van der Waals surface area contributed by atoms with Gasteiger partial charge in [0.25, 0.3) is 0 Å². The van der Waals surface area contributed by atoms with Crippen molar-refractivity contribution in [1.82, 2.24) is 9.78 Å². The van der Waals surface area contributed by atoms with Crippen LogP contribution in [0.5, 0.6) is 0 Å². The van der Waals surface area contributed by atoms with Gasteiger partial charge in [-0.25, -0.2) is 0 Å². The molecule has 1 aliphatic heterocycles. The number of nitrogens with one attached hydrogen (secondary N) is 1. The smallest absolute Gasteiger partial charge is 0.0955 e. The summed E-state index contributed by atoms with van der Waals surface area (Å²) in [6, 6.07) is 2.25. The lowest BCUT2D eigenvalue weighted by molar-refractivity contribution is 0.486. The maximum atomic E-state index is 5.11. The third-order valence-corrected chi connectivity index (χ3v) is 3.40. The minimum Gasteiger partial charge on any atom is -0.472 e. The van der Waals surface area contributed by atoms with Gasteiger partial charge in [0.2, 0.25) is 0 Å². The normalized spacial score (nSPS) is 16.5. The van der Waals surface area contributed by atoms with Crippen LogP contribution in [0, 0.1) is 0 Å². The molecule has 3 heterocycles. The lowest BCUT2D eigenvalue weighted by Gasteiger charge is -2.17. The maximum absolute atomic E-state index is 5.11. The first-order valence-electron chi connectivity index (χ1n) is 6.18. The predicted molar refractivity (Wildman–Crippen MR) is 65.9 cm³/mol. The minimum absolute atomic E-state index is 0.254. The summed E-state index contributed by atoms with van der Waals surface area (Å²) in [6.07, 6.45) is 9.07. The number of aryl methyl sites for hydroxylation is 1. The molecule has 0 aromatic carbocycles. The van der Waals surface area contributed by atoms with Crippen LogP contribution in [0.25, 0.3) is 0 Å². The van der Waals surface area contributed by atoms with Gasteiger partial charge in [0.15, 0.2) is 0 Å². The van der Waals surface area contributed by atoms with Crippen molar-refractivity contribution in [2.24, 2.45) is 0 Å². The summed E-state index contributed by atoms with van der Waals surface area (Å²) in [7, 11) is 0. The van der Waals surface area contributed by atoms with Gasteiger partial charge in [0.05, 0.1) is 36.1 Å². The lowest BCUT2D eigenvalue weighted by Crippen LogP contribution is -2.13. The zero-order valence-electron chi connectivity index (χ0n) is 10.0. The first kappa shape index (κ1) is 10.4. The van der Waals surface area contributed by atoms with Gasteiger partial charge >= 0.3 is 0 Å². The van der Waals surface area contributed by atoms with Gasteiger partial charge in [0.1, 0.15) is 0 Å². The number of hydrogen-bond donors (Lipinski definition) is 1. The molecule has 2 aromatic heterocycles. The van der Waals surface area contributed by atoms with Gasteiger partial charge < -0.3 is 9.73 Å². The van der Waals surface area contributed by atoms with Crippen LogP contribution in [0.4, 0.5) is 5.69 Å². The molecule has 0 bridgehead atoms. The third-order valence-electron chi connectivity index (χ3n) is 3.40. The van der Waals surface area contributed by atoms with Crippen LogP contribution >= 0.6 is 0 Å². The van der Waals surface area contributed by atoms with Crippen molar-refractivity contribution in [3.63, 3.8) is 0 Å². The summed E-state index contributed by atoms with van der Waals surface area (Å²) in [5, 5.41) is 7.93. The van der Waals surface area contributed by atoms with Crippen molar-refractivity contribution in [2.45, 2.75) is 38.8 Å². The first-order valence-corrected chi connectivity index (χ1v) is 6.18. The second kappa shape index (κ2) is 4.28. The van der Waals surface area contributed by atoms with Gasteiger partial charge in [0, 0.05) is 12.1 Å².